The Hall–Kier alpha value is -2.36. The average molecular weight is 350 g/mol. The van der Waals surface area contributed by atoms with Crippen molar-refractivity contribution in [1.29, 1.82) is 0 Å². The second-order valence-electron chi connectivity index (χ2n) is 5.41. The summed E-state index contributed by atoms with van der Waals surface area (Å²) < 4.78 is 38.1. The summed E-state index contributed by atoms with van der Waals surface area (Å²) in [6, 6.07) is 6.27. The van der Waals surface area contributed by atoms with Crippen LogP contribution in [0.15, 0.2) is 30.5 Å². The maximum absolute atomic E-state index is 14.2. The van der Waals surface area contributed by atoms with E-state index in [1.807, 2.05) is 4.72 Å². The fraction of sp³-hybridized carbons (Fsp3) is 0.200. The Bertz CT molecular complexity index is 915. The Morgan fingerprint density at radius 3 is 2.79 bits per heavy atom. The van der Waals surface area contributed by atoms with Crippen molar-refractivity contribution in [3.8, 4) is 11.1 Å². The van der Waals surface area contributed by atoms with E-state index in [1.165, 1.54) is 12.1 Å². The highest BCUT2D eigenvalue weighted by Gasteiger charge is 2.20. The number of rotatable bonds is 4. The minimum Gasteiger partial charge on any atom is -0.310 e. The van der Waals surface area contributed by atoms with Crippen LogP contribution in [0.25, 0.3) is 11.1 Å². The third kappa shape index (κ3) is 3.58. The summed E-state index contributed by atoms with van der Waals surface area (Å²) in [6.45, 7) is -0.227. The molecule has 0 saturated carbocycles. The lowest BCUT2D eigenvalue weighted by Crippen LogP contribution is -2.30. The Morgan fingerprint density at radius 2 is 2.08 bits per heavy atom. The van der Waals surface area contributed by atoms with Crippen LogP contribution in [0.3, 0.4) is 0 Å². The molecule has 7 nitrogen and oxygen atoms in total. The lowest BCUT2D eigenvalue weighted by atomic mass is 9.95. The molecule has 1 aliphatic heterocycles. The Morgan fingerprint density at radius 1 is 1.29 bits per heavy atom. The van der Waals surface area contributed by atoms with E-state index < -0.39 is 16.0 Å². The van der Waals surface area contributed by atoms with Gasteiger partial charge in [-0.25, -0.2) is 14.5 Å². The summed E-state index contributed by atoms with van der Waals surface area (Å²) in [7, 11) is -3.88. The van der Waals surface area contributed by atoms with Gasteiger partial charge in [-0.1, -0.05) is 12.1 Å². The maximum Gasteiger partial charge on any atom is 0.274 e. The minimum atomic E-state index is -3.88. The molecular weight excluding hydrogens is 335 g/mol. The van der Waals surface area contributed by atoms with Crippen LogP contribution in [0.5, 0.6) is 0 Å². The molecule has 0 spiro atoms. The number of nitrogens with two attached hydrogens (primary N) is 1. The standard InChI is InChI=1S/C15H15FN4O3S/c16-13-7-9(1-2-10(13)8-19-24(17,22)23)11-5-6-18-15-12(11)3-4-14(21)20-15/h1-2,5-7,19H,3-4,8H2,(H2,17,22,23)(H,18,20,21). The molecule has 2 heterocycles. The van der Waals surface area contributed by atoms with E-state index in [4.69, 9.17) is 5.14 Å². The smallest absolute Gasteiger partial charge is 0.274 e. The number of aromatic nitrogens is 1. The van der Waals surface area contributed by atoms with Crippen LogP contribution in [0.1, 0.15) is 17.5 Å². The van der Waals surface area contributed by atoms with Gasteiger partial charge in [0.05, 0.1) is 0 Å². The van der Waals surface area contributed by atoms with Crippen LogP contribution in [-0.4, -0.2) is 19.3 Å². The van der Waals surface area contributed by atoms with Crippen molar-refractivity contribution < 1.29 is 17.6 Å². The molecule has 24 heavy (non-hydrogen) atoms. The third-order valence-electron chi connectivity index (χ3n) is 3.74. The molecule has 9 heteroatoms. The number of anilines is 1. The fourth-order valence-electron chi connectivity index (χ4n) is 2.59. The first-order valence-electron chi connectivity index (χ1n) is 7.17. The van der Waals surface area contributed by atoms with Gasteiger partial charge in [-0.2, -0.15) is 13.1 Å². The first kappa shape index (κ1) is 16.5. The SMILES string of the molecule is NS(=O)(=O)NCc1ccc(-c2ccnc3c2CCC(=O)N3)cc1F. The predicted octanol–water partition coefficient (Wildman–Crippen LogP) is 1.07. The molecular formula is C15H15FN4O3S. The number of benzene rings is 1. The molecule has 126 valence electrons. The van der Waals surface area contributed by atoms with Crippen LogP contribution in [0.2, 0.25) is 0 Å². The lowest BCUT2D eigenvalue weighted by Gasteiger charge is -2.19. The van der Waals surface area contributed by atoms with Gasteiger partial charge >= 0.3 is 0 Å². The summed E-state index contributed by atoms with van der Waals surface area (Å²) in [6.07, 6.45) is 2.43. The molecule has 2 aromatic rings. The van der Waals surface area contributed by atoms with Crippen LogP contribution in [0.4, 0.5) is 10.2 Å². The minimum absolute atomic E-state index is 0.0947. The van der Waals surface area contributed by atoms with Crippen molar-refractivity contribution >= 4 is 21.9 Å². The van der Waals surface area contributed by atoms with E-state index >= 15 is 0 Å². The first-order chi connectivity index (χ1) is 11.3. The molecule has 1 aromatic carbocycles. The monoisotopic (exact) mass is 350 g/mol. The summed E-state index contributed by atoms with van der Waals surface area (Å²) in [5.74, 6) is -0.152. The van der Waals surface area contributed by atoms with Crippen molar-refractivity contribution in [3.05, 3.63) is 47.4 Å². The first-order valence-corrected chi connectivity index (χ1v) is 8.72. The molecule has 0 saturated heterocycles. The van der Waals surface area contributed by atoms with E-state index in [0.717, 1.165) is 11.1 Å². The van der Waals surface area contributed by atoms with E-state index in [2.05, 4.69) is 10.3 Å². The van der Waals surface area contributed by atoms with Crippen molar-refractivity contribution in [2.24, 2.45) is 5.14 Å². The molecule has 0 radical (unpaired) electrons. The van der Waals surface area contributed by atoms with Gasteiger partial charge < -0.3 is 5.32 Å². The number of nitrogens with one attached hydrogen (secondary N) is 2. The number of carbonyl (C=O) groups excluding carboxylic acids is 1. The number of hydrogen-bond donors (Lipinski definition) is 3. The number of halogens is 1. The van der Waals surface area contributed by atoms with Gasteiger partial charge in [0.25, 0.3) is 10.2 Å². The lowest BCUT2D eigenvalue weighted by molar-refractivity contribution is -0.116. The van der Waals surface area contributed by atoms with Gasteiger partial charge in [-0.3, -0.25) is 4.79 Å². The Kier molecular flexibility index (Phi) is 4.31. The van der Waals surface area contributed by atoms with Gasteiger partial charge in [-0.15, -0.1) is 0 Å². The highest BCUT2D eigenvalue weighted by Crippen LogP contribution is 2.32. The number of hydrogen-bond acceptors (Lipinski definition) is 4. The van der Waals surface area contributed by atoms with E-state index in [-0.39, 0.29) is 18.0 Å². The second kappa shape index (κ2) is 6.27. The van der Waals surface area contributed by atoms with Crippen LogP contribution in [-0.2, 0) is 28.0 Å². The van der Waals surface area contributed by atoms with Crippen molar-refractivity contribution in [1.82, 2.24) is 9.71 Å². The zero-order chi connectivity index (χ0) is 17.3. The number of pyridine rings is 1. The van der Waals surface area contributed by atoms with E-state index in [9.17, 15) is 17.6 Å². The quantitative estimate of drug-likeness (QED) is 0.765. The number of carbonyl (C=O) groups is 1. The summed E-state index contributed by atoms with van der Waals surface area (Å²) in [5, 5.41) is 7.54. The molecule has 0 bridgehead atoms. The van der Waals surface area contributed by atoms with Gasteiger partial charge in [0, 0.05) is 30.3 Å². The molecule has 3 rings (SSSR count). The zero-order valence-electron chi connectivity index (χ0n) is 12.5. The average Bonchev–Trinajstić information content (AvgIpc) is 2.52. The van der Waals surface area contributed by atoms with Gasteiger partial charge in [0.2, 0.25) is 5.91 Å². The van der Waals surface area contributed by atoms with Gasteiger partial charge in [0.15, 0.2) is 0 Å². The summed E-state index contributed by atoms with van der Waals surface area (Å²) in [5.41, 5.74) is 2.45. The van der Waals surface area contributed by atoms with Gasteiger partial charge in [0.1, 0.15) is 11.6 Å². The second-order valence-corrected chi connectivity index (χ2v) is 6.78. The topological polar surface area (TPSA) is 114 Å². The fourth-order valence-corrected chi connectivity index (χ4v) is 2.95. The Balaban J connectivity index is 1.93. The predicted molar refractivity (Wildman–Crippen MR) is 86.5 cm³/mol. The number of fused-ring (bicyclic) bond motifs is 1. The van der Waals surface area contributed by atoms with Crippen LogP contribution in [0, 0.1) is 5.82 Å². The van der Waals surface area contributed by atoms with Crippen LogP contribution < -0.4 is 15.2 Å². The summed E-state index contributed by atoms with van der Waals surface area (Å²) in [4.78, 5) is 15.6. The molecule has 0 atom stereocenters. The highest BCUT2D eigenvalue weighted by molar-refractivity contribution is 7.87. The molecule has 1 amide bonds. The molecule has 1 aromatic heterocycles. The normalized spacial score (nSPS) is 14.2. The van der Waals surface area contributed by atoms with Crippen molar-refractivity contribution in [3.63, 3.8) is 0 Å². The molecule has 0 aliphatic carbocycles. The Labute approximate surface area is 138 Å². The zero-order valence-corrected chi connectivity index (χ0v) is 13.4. The molecule has 0 unspecified atom stereocenters. The molecule has 0 fully saturated rings. The van der Waals surface area contributed by atoms with Gasteiger partial charge in [-0.05, 0) is 29.7 Å². The van der Waals surface area contributed by atoms with Crippen LogP contribution >= 0.6 is 0 Å². The number of nitrogens with zero attached hydrogens (tertiary/aromatic N) is 1. The molecule has 4 N–H and O–H groups in total. The van der Waals surface area contributed by atoms with Crippen molar-refractivity contribution in [2.45, 2.75) is 19.4 Å². The highest BCUT2D eigenvalue weighted by atomic mass is 32.2. The van der Waals surface area contributed by atoms with E-state index in [0.29, 0.717) is 24.2 Å². The summed E-state index contributed by atoms with van der Waals surface area (Å²) >= 11 is 0. The maximum atomic E-state index is 14.2. The largest absolute Gasteiger partial charge is 0.310 e. The number of amides is 1. The van der Waals surface area contributed by atoms with E-state index in [1.54, 1.807) is 18.3 Å². The van der Waals surface area contributed by atoms with Crippen molar-refractivity contribution in [2.75, 3.05) is 5.32 Å². The molecule has 1 aliphatic rings. The third-order valence-corrected chi connectivity index (χ3v) is 4.29.